The van der Waals surface area contributed by atoms with Crippen LogP contribution in [0.2, 0.25) is 0 Å². The van der Waals surface area contributed by atoms with Crippen LogP contribution in [0.5, 0.6) is 0 Å². The molecule has 0 unspecified atom stereocenters. The topological polar surface area (TPSA) is 29.9 Å². The molecule has 0 aliphatic carbocycles. The van der Waals surface area contributed by atoms with Crippen LogP contribution < -0.4 is 5.32 Å². The molecule has 0 amide bonds. The van der Waals surface area contributed by atoms with E-state index in [2.05, 4.69) is 63.4 Å². The molecule has 0 radical (unpaired) electrons. The van der Waals surface area contributed by atoms with Crippen molar-refractivity contribution in [2.45, 2.75) is 46.7 Å². The average Bonchev–Trinajstić information content (AvgIpc) is 2.80. The molecule has 1 heterocycles. The molecule has 0 aliphatic rings. The molecule has 0 saturated carbocycles. The lowest BCUT2D eigenvalue weighted by molar-refractivity contribution is 0.492. The van der Waals surface area contributed by atoms with E-state index < -0.39 is 0 Å². The van der Waals surface area contributed by atoms with Crippen LogP contribution in [0.15, 0.2) is 24.5 Å². The van der Waals surface area contributed by atoms with E-state index >= 15 is 0 Å². The van der Waals surface area contributed by atoms with E-state index in [-0.39, 0.29) is 0 Å². The van der Waals surface area contributed by atoms with E-state index in [9.17, 15) is 0 Å². The Morgan fingerprint density at radius 2 is 1.65 bits per heavy atom. The molecule has 3 heteroatoms. The number of nitrogens with zero attached hydrogens (tertiary/aromatic N) is 2. The van der Waals surface area contributed by atoms with E-state index in [0.717, 1.165) is 0 Å². The van der Waals surface area contributed by atoms with Gasteiger partial charge in [-0.05, 0) is 56.9 Å². The molecule has 0 spiro atoms. The molecule has 1 N–H and O–H groups in total. The molecular weight excluding hydrogens is 246 g/mol. The Bertz CT molecular complexity index is 598. The maximum Gasteiger partial charge on any atom is 0.0537 e. The van der Waals surface area contributed by atoms with Crippen molar-refractivity contribution in [1.82, 2.24) is 15.1 Å². The van der Waals surface area contributed by atoms with Crippen LogP contribution in [-0.4, -0.2) is 9.78 Å². The van der Waals surface area contributed by atoms with Crippen molar-refractivity contribution in [2.24, 2.45) is 7.05 Å². The van der Waals surface area contributed by atoms with Crippen LogP contribution in [0.4, 0.5) is 0 Å². The Kier molecular flexibility index (Phi) is 4.29. The molecule has 2 rings (SSSR count). The number of aryl methyl sites for hydroxylation is 4. The summed E-state index contributed by atoms with van der Waals surface area (Å²) in [6.45, 7) is 10.9. The highest BCUT2D eigenvalue weighted by atomic mass is 15.2. The first kappa shape index (κ1) is 14.8. The second-order valence-corrected chi connectivity index (χ2v) is 5.85. The summed E-state index contributed by atoms with van der Waals surface area (Å²) in [5.41, 5.74) is 6.67. The van der Waals surface area contributed by atoms with Gasteiger partial charge in [-0.2, -0.15) is 5.10 Å². The van der Waals surface area contributed by atoms with Crippen LogP contribution in [0.25, 0.3) is 0 Å². The molecule has 0 saturated heterocycles. The number of benzene rings is 1. The monoisotopic (exact) mass is 271 g/mol. The number of rotatable bonds is 4. The van der Waals surface area contributed by atoms with Gasteiger partial charge in [-0.25, -0.2) is 0 Å². The number of nitrogens with one attached hydrogen (secondary N) is 1. The fourth-order valence-electron chi connectivity index (χ4n) is 2.67. The van der Waals surface area contributed by atoms with E-state index in [1.807, 2.05) is 17.9 Å². The molecule has 0 fully saturated rings. The minimum atomic E-state index is 0.291. The van der Waals surface area contributed by atoms with Gasteiger partial charge >= 0.3 is 0 Å². The van der Waals surface area contributed by atoms with E-state index in [1.165, 1.54) is 27.8 Å². The molecule has 108 valence electrons. The Labute approximate surface area is 122 Å². The standard InChI is InChI=1S/C17H25N3/c1-11-7-13(3)17(8-12(11)2)15(5)19-14(4)16-9-18-20(6)10-16/h7-10,14-15,19H,1-6H3/t14-,15-/m1/s1. The van der Waals surface area contributed by atoms with Gasteiger partial charge in [0.25, 0.3) is 0 Å². The minimum Gasteiger partial charge on any atom is -0.304 e. The normalized spacial score (nSPS) is 14.3. The fourth-order valence-corrected chi connectivity index (χ4v) is 2.67. The van der Waals surface area contributed by atoms with Crippen molar-refractivity contribution in [3.63, 3.8) is 0 Å². The molecule has 1 aromatic heterocycles. The van der Waals surface area contributed by atoms with Crippen LogP contribution in [0, 0.1) is 20.8 Å². The Hall–Kier alpha value is -1.61. The summed E-state index contributed by atoms with van der Waals surface area (Å²) in [6.07, 6.45) is 4.00. The Morgan fingerprint density at radius 3 is 2.25 bits per heavy atom. The van der Waals surface area contributed by atoms with Crippen molar-refractivity contribution < 1.29 is 0 Å². The van der Waals surface area contributed by atoms with Crippen LogP contribution >= 0.6 is 0 Å². The van der Waals surface area contributed by atoms with Gasteiger partial charge in [-0.3, -0.25) is 4.68 Å². The van der Waals surface area contributed by atoms with Gasteiger partial charge in [-0.1, -0.05) is 12.1 Å². The zero-order valence-corrected chi connectivity index (χ0v) is 13.4. The predicted octanol–water partition coefficient (Wildman–Crippen LogP) is 3.76. The molecule has 0 aliphatic heterocycles. The first-order valence-electron chi connectivity index (χ1n) is 7.21. The van der Waals surface area contributed by atoms with Gasteiger partial charge in [0.15, 0.2) is 0 Å². The Morgan fingerprint density at radius 1 is 1.00 bits per heavy atom. The van der Waals surface area contributed by atoms with Crippen molar-refractivity contribution >= 4 is 0 Å². The summed E-state index contributed by atoms with van der Waals surface area (Å²) in [5, 5.41) is 7.90. The third-order valence-corrected chi connectivity index (χ3v) is 4.07. The third-order valence-electron chi connectivity index (χ3n) is 4.07. The molecule has 2 atom stereocenters. The van der Waals surface area contributed by atoms with E-state index in [1.54, 1.807) is 0 Å². The van der Waals surface area contributed by atoms with Crippen molar-refractivity contribution in [1.29, 1.82) is 0 Å². The minimum absolute atomic E-state index is 0.291. The van der Waals surface area contributed by atoms with E-state index in [4.69, 9.17) is 0 Å². The average molecular weight is 271 g/mol. The highest BCUT2D eigenvalue weighted by Crippen LogP contribution is 2.24. The summed E-state index contributed by atoms with van der Waals surface area (Å²) in [6, 6.07) is 5.19. The quantitative estimate of drug-likeness (QED) is 0.917. The highest BCUT2D eigenvalue weighted by Gasteiger charge is 2.14. The van der Waals surface area contributed by atoms with Crippen molar-refractivity contribution in [3.8, 4) is 0 Å². The van der Waals surface area contributed by atoms with Gasteiger partial charge in [0.05, 0.1) is 6.20 Å². The zero-order chi connectivity index (χ0) is 14.9. The van der Waals surface area contributed by atoms with Crippen molar-refractivity contribution in [3.05, 3.63) is 52.3 Å². The smallest absolute Gasteiger partial charge is 0.0537 e. The molecule has 2 aromatic rings. The zero-order valence-electron chi connectivity index (χ0n) is 13.4. The van der Waals surface area contributed by atoms with Gasteiger partial charge in [0.1, 0.15) is 0 Å². The first-order valence-corrected chi connectivity index (χ1v) is 7.21. The lowest BCUT2D eigenvalue weighted by atomic mass is 9.96. The van der Waals surface area contributed by atoms with Gasteiger partial charge in [-0.15, -0.1) is 0 Å². The van der Waals surface area contributed by atoms with E-state index in [0.29, 0.717) is 12.1 Å². The summed E-state index contributed by atoms with van der Waals surface area (Å²) in [4.78, 5) is 0. The maximum absolute atomic E-state index is 4.24. The summed E-state index contributed by atoms with van der Waals surface area (Å²) in [7, 11) is 1.95. The molecule has 1 aromatic carbocycles. The van der Waals surface area contributed by atoms with Crippen LogP contribution in [0.1, 0.15) is 53.7 Å². The Balaban J connectivity index is 2.16. The molecule has 20 heavy (non-hydrogen) atoms. The fraction of sp³-hybridized carbons (Fsp3) is 0.471. The number of hydrogen-bond donors (Lipinski definition) is 1. The highest BCUT2D eigenvalue weighted by molar-refractivity contribution is 5.38. The van der Waals surface area contributed by atoms with Crippen LogP contribution in [-0.2, 0) is 7.05 Å². The van der Waals surface area contributed by atoms with Gasteiger partial charge in [0.2, 0.25) is 0 Å². The number of hydrogen-bond acceptors (Lipinski definition) is 2. The van der Waals surface area contributed by atoms with Crippen LogP contribution in [0.3, 0.4) is 0 Å². The third kappa shape index (κ3) is 3.10. The second kappa shape index (κ2) is 5.80. The van der Waals surface area contributed by atoms with Gasteiger partial charge in [0, 0.05) is 30.9 Å². The molecular formula is C17H25N3. The van der Waals surface area contributed by atoms with Crippen molar-refractivity contribution in [2.75, 3.05) is 0 Å². The summed E-state index contributed by atoms with van der Waals surface area (Å²) in [5.74, 6) is 0. The molecule has 3 nitrogen and oxygen atoms in total. The van der Waals surface area contributed by atoms with Gasteiger partial charge < -0.3 is 5.32 Å². The lowest BCUT2D eigenvalue weighted by Crippen LogP contribution is -2.23. The SMILES string of the molecule is Cc1cc(C)c([C@@H](C)N[C@H](C)c2cnn(C)c2)cc1C. The first-order chi connectivity index (χ1) is 9.38. The summed E-state index contributed by atoms with van der Waals surface area (Å²) < 4.78 is 1.85. The number of aromatic nitrogens is 2. The summed E-state index contributed by atoms with van der Waals surface area (Å²) >= 11 is 0. The lowest BCUT2D eigenvalue weighted by Gasteiger charge is -2.22. The predicted molar refractivity (Wildman–Crippen MR) is 83.8 cm³/mol. The molecule has 0 bridgehead atoms. The largest absolute Gasteiger partial charge is 0.304 e. The second-order valence-electron chi connectivity index (χ2n) is 5.85. The maximum atomic E-state index is 4.24.